The first kappa shape index (κ1) is 12.4. The molecule has 2 aromatic rings. The number of aromatic nitrogens is 1. The molecule has 0 radical (unpaired) electrons. The van der Waals surface area contributed by atoms with E-state index >= 15 is 0 Å². The van der Waals surface area contributed by atoms with Gasteiger partial charge in [-0.3, -0.25) is 11.3 Å². The van der Waals surface area contributed by atoms with E-state index in [1.165, 1.54) is 34.9 Å². The first-order chi connectivity index (χ1) is 9.78. The molecule has 2 heterocycles. The highest BCUT2D eigenvalue weighted by molar-refractivity contribution is 5.88. The third-order valence-electron chi connectivity index (χ3n) is 5.22. The quantitative estimate of drug-likeness (QED) is 0.574. The van der Waals surface area contributed by atoms with Crippen LogP contribution in [0, 0.1) is 5.92 Å². The lowest BCUT2D eigenvalue weighted by atomic mass is 9.72. The molecule has 1 unspecified atom stereocenters. The Hall–Kier alpha value is -1.36. The summed E-state index contributed by atoms with van der Waals surface area (Å²) in [6.07, 6.45) is 4.61. The molecule has 1 aliphatic carbocycles. The highest BCUT2D eigenvalue weighted by Gasteiger charge is 2.38. The molecule has 106 valence electrons. The standard InChI is InChI=1S/C16H22N4/c1-20-9-10(7-19-17)5-13-12-3-2-4-14-16(12)11(8-18-14)6-15(13)20/h2-4,8,10,13,15,18-19H,5-7,9,17H2,1H3/t10-,13?,15+/m0/s1. The van der Waals surface area contributed by atoms with E-state index in [-0.39, 0.29) is 0 Å². The summed E-state index contributed by atoms with van der Waals surface area (Å²) in [6, 6.07) is 7.33. The minimum Gasteiger partial charge on any atom is -0.361 e. The number of aromatic amines is 1. The molecule has 4 heteroatoms. The minimum atomic E-state index is 0.637. The van der Waals surface area contributed by atoms with Gasteiger partial charge in [0.25, 0.3) is 0 Å². The fourth-order valence-electron chi connectivity index (χ4n) is 4.37. The highest BCUT2D eigenvalue weighted by atomic mass is 15.2. The number of benzene rings is 1. The zero-order valence-corrected chi connectivity index (χ0v) is 11.9. The topological polar surface area (TPSA) is 57.1 Å². The van der Waals surface area contributed by atoms with Crippen molar-refractivity contribution in [3.8, 4) is 0 Å². The first-order valence-corrected chi connectivity index (χ1v) is 7.50. The van der Waals surface area contributed by atoms with Gasteiger partial charge in [-0.25, -0.2) is 0 Å². The molecule has 4 nitrogen and oxygen atoms in total. The van der Waals surface area contributed by atoms with Gasteiger partial charge in [0.1, 0.15) is 0 Å². The summed E-state index contributed by atoms with van der Waals surface area (Å²) in [5, 5.41) is 1.48. The van der Waals surface area contributed by atoms with Crippen LogP contribution in [0.5, 0.6) is 0 Å². The number of nitrogens with two attached hydrogens (primary N) is 1. The van der Waals surface area contributed by atoms with Crippen LogP contribution < -0.4 is 11.3 Å². The van der Waals surface area contributed by atoms with Crippen LogP contribution >= 0.6 is 0 Å². The Balaban J connectivity index is 1.79. The molecule has 2 aliphatic rings. The maximum Gasteiger partial charge on any atom is 0.0459 e. The zero-order valence-electron chi connectivity index (χ0n) is 11.9. The Labute approximate surface area is 119 Å². The summed E-state index contributed by atoms with van der Waals surface area (Å²) in [5.74, 6) is 6.81. The fraction of sp³-hybridized carbons (Fsp3) is 0.500. The number of rotatable bonds is 2. The van der Waals surface area contributed by atoms with E-state index in [0.717, 1.165) is 13.1 Å². The van der Waals surface area contributed by atoms with E-state index in [2.05, 4.69) is 46.8 Å². The van der Waals surface area contributed by atoms with Crippen molar-refractivity contribution in [3.05, 3.63) is 35.5 Å². The van der Waals surface area contributed by atoms with Crippen molar-refractivity contribution in [2.75, 3.05) is 20.1 Å². The van der Waals surface area contributed by atoms with Crippen molar-refractivity contribution in [2.45, 2.75) is 24.8 Å². The summed E-state index contributed by atoms with van der Waals surface area (Å²) in [7, 11) is 2.26. The van der Waals surface area contributed by atoms with Gasteiger partial charge in [0.05, 0.1) is 0 Å². The van der Waals surface area contributed by atoms with Gasteiger partial charge in [-0.1, -0.05) is 12.1 Å². The molecule has 0 saturated carbocycles. The van der Waals surface area contributed by atoms with Crippen LogP contribution in [-0.4, -0.2) is 36.1 Å². The number of hydrogen-bond acceptors (Lipinski definition) is 3. The highest BCUT2D eigenvalue weighted by Crippen LogP contribution is 2.44. The van der Waals surface area contributed by atoms with Crippen molar-refractivity contribution in [1.29, 1.82) is 0 Å². The van der Waals surface area contributed by atoms with Crippen LogP contribution in [0.15, 0.2) is 24.4 Å². The molecular formula is C16H22N4. The van der Waals surface area contributed by atoms with Crippen molar-refractivity contribution in [2.24, 2.45) is 11.8 Å². The number of nitrogens with zero attached hydrogens (tertiary/aromatic N) is 1. The lowest BCUT2D eigenvalue weighted by Gasteiger charge is -2.45. The fourth-order valence-corrected chi connectivity index (χ4v) is 4.37. The van der Waals surface area contributed by atoms with Gasteiger partial charge in [-0.2, -0.15) is 0 Å². The Morgan fingerprint density at radius 1 is 1.45 bits per heavy atom. The average Bonchev–Trinajstić information content (AvgIpc) is 2.86. The molecule has 1 aromatic heterocycles. The van der Waals surface area contributed by atoms with Crippen molar-refractivity contribution < 1.29 is 0 Å². The Kier molecular flexibility index (Phi) is 2.84. The van der Waals surface area contributed by atoms with Crippen LogP contribution in [-0.2, 0) is 6.42 Å². The molecule has 0 amide bonds. The van der Waals surface area contributed by atoms with E-state index in [4.69, 9.17) is 5.84 Å². The summed E-state index contributed by atoms with van der Waals surface area (Å²) < 4.78 is 0. The maximum atomic E-state index is 5.54. The average molecular weight is 270 g/mol. The molecule has 1 fully saturated rings. The van der Waals surface area contributed by atoms with Crippen molar-refractivity contribution >= 4 is 10.9 Å². The number of hydrogen-bond donors (Lipinski definition) is 3. The second-order valence-electron chi connectivity index (χ2n) is 6.41. The minimum absolute atomic E-state index is 0.637. The molecule has 1 aromatic carbocycles. The molecule has 0 bridgehead atoms. The van der Waals surface area contributed by atoms with E-state index in [9.17, 15) is 0 Å². The van der Waals surface area contributed by atoms with Crippen LogP contribution in [0.4, 0.5) is 0 Å². The van der Waals surface area contributed by atoms with Crippen LogP contribution in [0.25, 0.3) is 10.9 Å². The van der Waals surface area contributed by atoms with Gasteiger partial charge in [0, 0.05) is 42.1 Å². The predicted molar refractivity (Wildman–Crippen MR) is 81.5 cm³/mol. The SMILES string of the molecule is CN1C[C@H](CNN)CC2c3cccc4[nH]cc(c34)C[C@H]21. The summed E-state index contributed by atoms with van der Waals surface area (Å²) in [6.45, 7) is 2.05. The largest absolute Gasteiger partial charge is 0.361 e. The van der Waals surface area contributed by atoms with Gasteiger partial charge in [-0.05, 0) is 43.0 Å². The summed E-state index contributed by atoms with van der Waals surface area (Å²) in [5.41, 5.74) is 7.17. The molecule has 3 atom stereocenters. The molecule has 4 rings (SSSR count). The zero-order chi connectivity index (χ0) is 13.7. The molecule has 20 heavy (non-hydrogen) atoms. The van der Waals surface area contributed by atoms with Gasteiger partial charge in [-0.15, -0.1) is 0 Å². The van der Waals surface area contributed by atoms with Gasteiger partial charge < -0.3 is 9.88 Å². The maximum absolute atomic E-state index is 5.54. The van der Waals surface area contributed by atoms with E-state index in [0.29, 0.717) is 17.9 Å². The number of H-pyrrole nitrogens is 1. The summed E-state index contributed by atoms with van der Waals surface area (Å²) >= 11 is 0. The molecule has 1 saturated heterocycles. The van der Waals surface area contributed by atoms with Gasteiger partial charge in [0.2, 0.25) is 0 Å². The second kappa shape index (κ2) is 4.58. The summed E-state index contributed by atoms with van der Waals surface area (Å²) in [4.78, 5) is 5.96. The van der Waals surface area contributed by atoms with E-state index < -0.39 is 0 Å². The monoisotopic (exact) mass is 270 g/mol. The Bertz CT molecular complexity index is 632. The number of nitrogens with one attached hydrogen (secondary N) is 2. The molecule has 1 aliphatic heterocycles. The second-order valence-corrected chi connectivity index (χ2v) is 6.41. The normalized spacial score (nSPS) is 29.6. The first-order valence-electron chi connectivity index (χ1n) is 7.50. The molecule has 4 N–H and O–H groups in total. The molecular weight excluding hydrogens is 248 g/mol. The number of piperidine rings is 1. The van der Waals surface area contributed by atoms with Gasteiger partial charge in [0.15, 0.2) is 0 Å². The Morgan fingerprint density at radius 2 is 2.35 bits per heavy atom. The smallest absolute Gasteiger partial charge is 0.0459 e. The third kappa shape index (κ3) is 1.72. The van der Waals surface area contributed by atoms with Crippen LogP contribution in [0.3, 0.4) is 0 Å². The number of hydrazine groups is 1. The lowest BCUT2D eigenvalue weighted by molar-refractivity contribution is 0.111. The third-order valence-corrected chi connectivity index (χ3v) is 5.22. The number of likely N-dealkylation sites (tertiary alicyclic amines) is 1. The van der Waals surface area contributed by atoms with Crippen LogP contribution in [0.1, 0.15) is 23.5 Å². The van der Waals surface area contributed by atoms with Crippen molar-refractivity contribution in [1.82, 2.24) is 15.3 Å². The molecule has 0 spiro atoms. The lowest BCUT2D eigenvalue weighted by Crippen LogP contribution is -2.50. The van der Waals surface area contributed by atoms with Crippen molar-refractivity contribution in [3.63, 3.8) is 0 Å². The number of likely N-dealkylation sites (N-methyl/N-ethyl adjacent to an activating group) is 1. The van der Waals surface area contributed by atoms with E-state index in [1.54, 1.807) is 0 Å². The predicted octanol–water partition coefficient (Wildman–Crippen LogP) is 1.59. The Morgan fingerprint density at radius 3 is 3.20 bits per heavy atom. The van der Waals surface area contributed by atoms with Crippen LogP contribution in [0.2, 0.25) is 0 Å². The van der Waals surface area contributed by atoms with E-state index in [1.807, 2.05) is 0 Å². The number of fused-ring (bicyclic) bond motifs is 2. The van der Waals surface area contributed by atoms with Gasteiger partial charge >= 0.3 is 0 Å².